The molecular formula is C16H12FN3O2. The SMILES string of the molecule is CC(=O)Nc1nc(O)c2cc(-c3ccc(F)cc3)ccc2n1. The molecule has 0 radical (unpaired) electrons. The first-order valence-electron chi connectivity index (χ1n) is 6.57. The molecule has 0 unspecified atom stereocenters. The van der Waals surface area contributed by atoms with Crippen LogP contribution < -0.4 is 5.32 Å². The van der Waals surface area contributed by atoms with Crippen LogP contribution in [0, 0.1) is 5.82 Å². The van der Waals surface area contributed by atoms with Crippen molar-refractivity contribution in [1.82, 2.24) is 9.97 Å². The van der Waals surface area contributed by atoms with Gasteiger partial charge in [-0.1, -0.05) is 18.2 Å². The van der Waals surface area contributed by atoms with Gasteiger partial charge in [0, 0.05) is 6.92 Å². The summed E-state index contributed by atoms with van der Waals surface area (Å²) >= 11 is 0. The van der Waals surface area contributed by atoms with Crippen LogP contribution in [0.4, 0.5) is 10.3 Å². The molecule has 0 bridgehead atoms. The van der Waals surface area contributed by atoms with Crippen molar-refractivity contribution in [2.45, 2.75) is 6.92 Å². The molecule has 0 atom stereocenters. The van der Waals surface area contributed by atoms with E-state index in [1.807, 2.05) is 0 Å². The average molecular weight is 297 g/mol. The number of aromatic nitrogens is 2. The first-order chi connectivity index (χ1) is 10.5. The van der Waals surface area contributed by atoms with Gasteiger partial charge in [0.25, 0.3) is 0 Å². The minimum atomic E-state index is -0.318. The van der Waals surface area contributed by atoms with Gasteiger partial charge in [-0.2, -0.15) is 4.98 Å². The van der Waals surface area contributed by atoms with Gasteiger partial charge in [-0.05, 0) is 35.4 Å². The summed E-state index contributed by atoms with van der Waals surface area (Å²) in [5.74, 6) is -0.804. The maximum atomic E-state index is 13.0. The van der Waals surface area contributed by atoms with E-state index in [0.717, 1.165) is 11.1 Å². The number of anilines is 1. The van der Waals surface area contributed by atoms with Crippen molar-refractivity contribution in [1.29, 1.82) is 0 Å². The van der Waals surface area contributed by atoms with Gasteiger partial charge < -0.3 is 5.11 Å². The molecule has 3 rings (SSSR count). The van der Waals surface area contributed by atoms with E-state index in [2.05, 4.69) is 15.3 Å². The molecule has 0 spiro atoms. The van der Waals surface area contributed by atoms with Crippen molar-refractivity contribution in [2.75, 3.05) is 5.32 Å². The largest absolute Gasteiger partial charge is 0.493 e. The van der Waals surface area contributed by atoms with Gasteiger partial charge in [0.1, 0.15) is 5.82 Å². The van der Waals surface area contributed by atoms with Crippen molar-refractivity contribution in [2.24, 2.45) is 0 Å². The lowest BCUT2D eigenvalue weighted by Crippen LogP contribution is -2.09. The van der Waals surface area contributed by atoms with E-state index in [1.165, 1.54) is 19.1 Å². The average Bonchev–Trinajstić information content (AvgIpc) is 2.47. The quantitative estimate of drug-likeness (QED) is 0.762. The highest BCUT2D eigenvalue weighted by atomic mass is 19.1. The van der Waals surface area contributed by atoms with Gasteiger partial charge in [0.05, 0.1) is 10.9 Å². The number of carbonyl (C=O) groups excluding carboxylic acids is 1. The van der Waals surface area contributed by atoms with Gasteiger partial charge >= 0.3 is 0 Å². The number of benzene rings is 2. The Labute approximate surface area is 125 Å². The lowest BCUT2D eigenvalue weighted by atomic mass is 10.0. The van der Waals surface area contributed by atoms with Gasteiger partial charge in [-0.15, -0.1) is 0 Å². The number of halogens is 1. The summed E-state index contributed by atoms with van der Waals surface area (Å²) in [5, 5.41) is 12.9. The second-order valence-electron chi connectivity index (χ2n) is 4.79. The summed E-state index contributed by atoms with van der Waals surface area (Å²) in [6.07, 6.45) is 0. The van der Waals surface area contributed by atoms with Crippen molar-refractivity contribution in [3.05, 3.63) is 48.3 Å². The Morgan fingerprint density at radius 2 is 1.77 bits per heavy atom. The van der Waals surface area contributed by atoms with E-state index in [1.54, 1.807) is 30.3 Å². The van der Waals surface area contributed by atoms with Crippen LogP contribution in [0.15, 0.2) is 42.5 Å². The van der Waals surface area contributed by atoms with Crippen molar-refractivity contribution in [3.8, 4) is 17.0 Å². The molecule has 1 amide bonds. The Morgan fingerprint density at radius 1 is 1.09 bits per heavy atom. The molecule has 1 aromatic heterocycles. The number of carbonyl (C=O) groups is 1. The van der Waals surface area contributed by atoms with Crippen LogP contribution in [0.3, 0.4) is 0 Å². The number of nitrogens with one attached hydrogen (secondary N) is 1. The van der Waals surface area contributed by atoms with Crippen LogP contribution in [0.5, 0.6) is 5.88 Å². The van der Waals surface area contributed by atoms with Gasteiger partial charge in [0.15, 0.2) is 0 Å². The van der Waals surface area contributed by atoms with Crippen molar-refractivity contribution < 1.29 is 14.3 Å². The molecule has 2 aromatic carbocycles. The maximum absolute atomic E-state index is 13.0. The maximum Gasteiger partial charge on any atom is 0.233 e. The summed E-state index contributed by atoms with van der Waals surface area (Å²) < 4.78 is 13.0. The summed E-state index contributed by atoms with van der Waals surface area (Å²) in [7, 11) is 0. The molecule has 0 saturated carbocycles. The molecular weight excluding hydrogens is 285 g/mol. The van der Waals surface area contributed by atoms with E-state index in [-0.39, 0.29) is 23.6 Å². The van der Waals surface area contributed by atoms with E-state index in [4.69, 9.17) is 0 Å². The fourth-order valence-corrected chi connectivity index (χ4v) is 2.15. The third-order valence-electron chi connectivity index (χ3n) is 3.14. The van der Waals surface area contributed by atoms with Crippen LogP contribution in [-0.4, -0.2) is 21.0 Å². The highest BCUT2D eigenvalue weighted by Crippen LogP contribution is 2.28. The summed E-state index contributed by atoms with van der Waals surface area (Å²) in [5.41, 5.74) is 2.12. The fraction of sp³-hybridized carbons (Fsp3) is 0.0625. The Morgan fingerprint density at radius 3 is 2.45 bits per heavy atom. The number of rotatable bonds is 2. The predicted molar refractivity (Wildman–Crippen MR) is 80.9 cm³/mol. The Kier molecular flexibility index (Phi) is 3.42. The molecule has 6 heteroatoms. The van der Waals surface area contributed by atoms with Crippen LogP contribution >= 0.6 is 0 Å². The van der Waals surface area contributed by atoms with Crippen LogP contribution in [0.1, 0.15) is 6.92 Å². The second-order valence-corrected chi connectivity index (χ2v) is 4.79. The van der Waals surface area contributed by atoms with Crippen LogP contribution in [0.25, 0.3) is 22.0 Å². The molecule has 0 fully saturated rings. The third-order valence-corrected chi connectivity index (χ3v) is 3.14. The van der Waals surface area contributed by atoms with Crippen LogP contribution in [-0.2, 0) is 4.79 Å². The first kappa shape index (κ1) is 13.9. The van der Waals surface area contributed by atoms with Gasteiger partial charge in [-0.25, -0.2) is 9.37 Å². The van der Waals surface area contributed by atoms with Crippen LogP contribution in [0.2, 0.25) is 0 Å². The second kappa shape index (κ2) is 5.40. The minimum Gasteiger partial charge on any atom is -0.493 e. The predicted octanol–water partition coefficient (Wildman–Crippen LogP) is 3.10. The molecule has 2 N–H and O–H groups in total. The normalized spacial score (nSPS) is 10.6. The zero-order chi connectivity index (χ0) is 15.7. The molecule has 0 saturated heterocycles. The lowest BCUT2D eigenvalue weighted by molar-refractivity contribution is -0.114. The number of aromatic hydroxyl groups is 1. The molecule has 0 aliphatic rings. The Balaban J connectivity index is 2.08. The minimum absolute atomic E-state index is 0.0482. The standard InChI is InChI=1S/C16H12FN3O2/c1-9(21)18-16-19-14-7-4-11(8-13(14)15(22)20-16)10-2-5-12(17)6-3-10/h2-8H,1H3,(H2,18,19,20,21,22). The number of amides is 1. The Hall–Kier alpha value is -3.02. The number of hydrogen-bond donors (Lipinski definition) is 2. The fourth-order valence-electron chi connectivity index (χ4n) is 2.15. The molecule has 22 heavy (non-hydrogen) atoms. The van der Waals surface area contributed by atoms with Gasteiger partial charge in [-0.3, -0.25) is 10.1 Å². The smallest absolute Gasteiger partial charge is 0.233 e. The summed E-state index contributed by atoms with van der Waals surface area (Å²) in [6, 6.07) is 11.3. The lowest BCUT2D eigenvalue weighted by Gasteiger charge is -2.07. The molecule has 5 nitrogen and oxygen atoms in total. The summed E-state index contributed by atoms with van der Waals surface area (Å²) in [4.78, 5) is 19.0. The molecule has 0 aliphatic heterocycles. The third kappa shape index (κ3) is 2.71. The number of nitrogens with zero attached hydrogens (tertiary/aromatic N) is 2. The van der Waals surface area contributed by atoms with E-state index in [0.29, 0.717) is 10.9 Å². The van der Waals surface area contributed by atoms with Crippen molar-refractivity contribution in [3.63, 3.8) is 0 Å². The summed E-state index contributed by atoms with van der Waals surface area (Å²) in [6.45, 7) is 1.34. The van der Waals surface area contributed by atoms with E-state index >= 15 is 0 Å². The zero-order valence-corrected chi connectivity index (χ0v) is 11.7. The Bertz CT molecular complexity index is 863. The highest BCUT2D eigenvalue weighted by molar-refractivity contribution is 5.91. The number of hydrogen-bond acceptors (Lipinski definition) is 4. The molecule has 110 valence electrons. The van der Waals surface area contributed by atoms with E-state index < -0.39 is 0 Å². The topological polar surface area (TPSA) is 75.1 Å². The van der Waals surface area contributed by atoms with E-state index in [9.17, 15) is 14.3 Å². The highest BCUT2D eigenvalue weighted by Gasteiger charge is 2.09. The van der Waals surface area contributed by atoms with Gasteiger partial charge in [0.2, 0.25) is 17.7 Å². The number of fused-ring (bicyclic) bond motifs is 1. The van der Waals surface area contributed by atoms with Crippen molar-refractivity contribution >= 4 is 22.8 Å². The molecule has 3 aromatic rings. The first-order valence-corrected chi connectivity index (χ1v) is 6.57. The zero-order valence-electron chi connectivity index (χ0n) is 11.7. The monoisotopic (exact) mass is 297 g/mol. The molecule has 0 aliphatic carbocycles. The molecule has 1 heterocycles.